The lowest BCUT2D eigenvalue weighted by atomic mass is 9.81. The van der Waals surface area contributed by atoms with E-state index in [4.69, 9.17) is 9.15 Å². The highest BCUT2D eigenvalue weighted by Gasteiger charge is 2.32. The van der Waals surface area contributed by atoms with Crippen molar-refractivity contribution in [2.24, 2.45) is 5.41 Å². The summed E-state index contributed by atoms with van der Waals surface area (Å²) in [7, 11) is 0. The number of rotatable bonds is 4. The lowest BCUT2D eigenvalue weighted by molar-refractivity contribution is -0.0146. The van der Waals surface area contributed by atoms with Crippen molar-refractivity contribution in [3.05, 3.63) is 24.1 Å². The highest BCUT2D eigenvalue weighted by Crippen LogP contribution is 2.29. The van der Waals surface area contributed by atoms with Crippen LogP contribution in [-0.4, -0.2) is 42.4 Å². The van der Waals surface area contributed by atoms with Gasteiger partial charge in [-0.1, -0.05) is 0 Å². The van der Waals surface area contributed by atoms with Gasteiger partial charge in [0.05, 0.1) is 18.4 Å². The van der Waals surface area contributed by atoms with Crippen molar-refractivity contribution in [2.45, 2.75) is 12.8 Å². The monoisotopic (exact) mass is 278 g/mol. The minimum absolute atomic E-state index is 0.0592. The van der Waals surface area contributed by atoms with Crippen LogP contribution in [0, 0.1) is 5.41 Å². The van der Waals surface area contributed by atoms with Gasteiger partial charge in [-0.15, -0.1) is 0 Å². The number of carbonyl (C=O) groups is 1. The van der Waals surface area contributed by atoms with Gasteiger partial charge < -0.3 is 24.6 Å². The molecule has 6 nitrogen and oxygen atoms in total. The number of hydrogen-bond acceptors (Lipinski definition) is 4. The van der Waals surface area contributed by atoms with Gasteiger partial charge in [-0.3, -0.25) is 4.79 Å². The van der Waals surface area contributed by atoms with Crippen LogP contribution in [0.2, 0.25) is 0 Å². The second-order valence-corrected chi connectivity index (χ2v) is 5.33. The molecule has 3 rings (SSSR count). The Kier molecular flexibility index (Phi) is 3.50. The van der Waals surface area contributed by atoms with Gasteiger partial charge in [0.2, 0.25) is 0 Å². The number of carbonyl (C=O) groups excluding carboxylic acids is 1. The van der Waals surface area contributed by atoms with Crippen LogP contribution in [-0.2, 0) is 4.74 Å². The van der Waals surface area contributed by atoms with Crippen LogP contribution < -0.4 is 5.32 Å². The molecule has 0 saturated carbocycles. The second kappa shape index (κ2) is 5.30. The molecule has 6 heteroatoms. The summed E-state index contributed by atoms with van der Waals surface area (Å²) >= 11 is 0. The van der Waals surface area contributed by atoms with Crippen molar-refractivity contribution in [1.29, 1.82) is 0 Å². The molecule has 0 radical (unpaired) electrons. The Hall–Kier alpha value is -1.79. The number of furan rings is 1. The molecule has 1 aliphatic heterocycles. The maximum atomic E-state index is 12.1. The summed E-state index contributed by atoms with van der Waals surface area (Å²) in [5, 5.41) is 12.5. The Balaban J connectivity index is 1.65. The summed E-state index contributed by atoms with van der Waals surface area (Å²) in [5.74, 6) is -0.185. The molecule has 1 fully saturated rings. The molecule has 0 unspecified atom stereocenters. The number of H-pyrrole nitrogens is 1. The number of ether oxygens (including phenoxy) is 1. The smallest absolute Gasteiger partial charge is 0.267 e. The summed E-state index contributed by atoms with van der Waals surface area (Å²) in [6.45, 7) is 1.77. The van der Waals surface area contributed by atoms with E-state index in [9.17, 15) is 9.90 Å². The fourth-order valence-electron chi connectivity index (χ4n) is 2.53. The topological polar surface area (TPSA) is 87.5 Å². The molecule has 3 N–H and O–H groups in total. The van der Waals surface area contributed by atoms with E-state index in [0.29, 0.717) is 31.0 Å². The summed E-state index contributed by atoms with van der Waals surface area (Å²) < 4.78 is 10.5. The van der Waals surface area contributed by atoms with Gasteiger partial charge >= 0.3 is 0 Å². The minimum atomic E-state index is -0.264. The molecule has 1 amide bonds. The molecule has 0 aromatic carbocycles. The van der Waals surface area contributed by atoms with E-state index in [1.54, 1.807) is 18.4 Å². The summed E-state index contributed by atoms with van der Waals surface area (Å²) in [6, 6.07) is 3.46. The summed E-state index contributed by atoms with van der Waals surface area (Å²) in [4.78, 5) is 15.1. The van der Waals surface area contributed by atoms with Crippen molar-refractivity contribution in [2.75, 3.05) is 26.4 Å². The zero-order chi connectivity index (χ0) is 14.0. The predicted octanol–water partition coefficient (Wildman–Crippen LogP) is 1.28. The lowest BCUT2D eigenvalue weighted by Crippen LogP contribution is -2.43. The molecular formula is C14H18N2O4. The summed E-state index contributed by atoms with van der Waals surface area (Å²) in [6.07, 6.45) is 3.10. The molecule has 0 atom stereocenters. The zero-order valence-electron chi connectivity index (χ0n) is 11.1. The molecule has 3 heterocycles. The Labute approximate surface area is 116 Å². The maximum absolute atomic E-state index is 12.1. The first-order valence-electron chi connectivity index (χ1n) is 6.75. The number of fused-ring (bicyclic) bond motifs is 1. The fourth-order valence-corrected chi connectivity index (χ4v) is 2.53. The van der Waals surface area contributed by atoms with E-state index in [1.807, 2.05) is 0 Å². The predicted molar refractivity (Wildman–Crippen MR) is 72.5 cm³/mol. The first-order valence-corrected chi connectivity index (χ1v) is 6.75. The van der Waals surface area contributed by atoms with E-state index >= 15 is 0 Å². The maximum Gasteiger partial charge on any atom is 0.267 e. The molecule has 1 saturated heterocycles. The normalized spacial score (nSPS) is 18.2. The molecule has 2 aromatic rings. The van der Waals surface area contributed by atoms with Gasteiger partial charge in [0.25, 0.3) is 5.91 Å². The number of aliphatic hydroxyl groups excluding tert-OH is 1. The third-order valence-electron chi connectivity index (χ3n) is 4.00. The van der Waals surface area contributed by atoms with Gasteiger partial charge in [-0.25, -0.2) is 0 Å². The van der Waals surface area contributed by atoms with E-state index < -0.39 is 0 Å². The van der Waals surface area contributed by atoms with Crippen LogP contribution in [0.5, 0.6) is 0 Å². The Morgan fingerprint density at radius 3 is 2.95 bits per heavy atom. The van der Waals surface area contributed by atoms with Crippen molar-refractivity contribution >= 4 is 17.0 Å². The van der Waals surface area contributed by atoms with Crippen LogP contribution in [0.3, 0.4) is 0 Å². The first kappa shape index (κ1) is 13.2. The van der Waals surface area contributed by atoms with Crippen molar-refractivity contribution in [1.82, 2.24) is 10.3 Å². The third-order valence-corrected chi connectivity index (χ3v) is 4.00. The highest BCUT2D eigenvalue weighted by molar-refractivity contribution is 5.96. The van der Waals surface area contributed by atoms with E-state index in [2.05, 4.69) is 10.3 Å². The lowest BCUT2D eigenvalue weighted by Gasteiger charge is -2.35. The van der Waals surface area contributed by atoms with E-state index in [0.717, 1.165) is 18.4 Å². The molecular weight excluding hydrogens is 260 g/mol. The van der Waals surface area contributed by atoms with Crippen molar-refractivity contribution in [3.63, 3.8) is 0 Å². The molecule has 1 aliphatic rings. The van der Waals surface area contributed by atoms with Gasteiger partial charge in [-0.05, 0) is 12.8 Å². The molecule has 20 heavy (non-hydrogen) atoms. The largest absolute Gasteiger partial charge is 0.463 e. The minimum Gasteiger partial charge on any atom is -0.463 e. The van der Waals surface area contributed by atoms with Crippen molar-refractivity contribution in [3.8, 4) is 0 Å². The number of amides is 1. The van der Waals surface area contributed by atoms with Crippen LogP contribution in [0.25, 0.3) is 11.1 Å². The van der Waals surface area contributed by atoms with Gasteiger partial charge in [0.1, 0.15) is 5.69 Å². The quantitative estimate of drug-likeness (QED) is 0.786. The van der Waals surface area contributed by atoms with E-state index in [-0.39, 0.29) is 17.9 Å². The van der Waals surface area contributed by atoms with Crippen LogP contribution in [0.1, 0.15) is 23.3 Å². The Bertz CT molecular complexity index is 567. The average molecular weight is 278 g/mol. The molecule has 2 aromatic heterocycles. The molecule has 108 valence electrons. The number of aliphatic hydroxyl groups is 1. The van der Waals surface area contributed by atoms with Crippen molar-refractivity contribution < 1.29 is 19.1 Å². The summed E-state index contributed by atoms with van der Waals surface area (Å²) in [5.41, 5.74) is 1.68. The molecule has 0 aliphatic carbocycles. The van der Waals surface area contributed by atoms with Gasteiger partial charge in [0.15, 0.2) is 5.58 Å². The van der Waals surface area contributed by atoms with Crippen LogP contribution >= 0.6 is 0 Å². The standard InChI is InChI=1S/C14H18N2O4/c17-9-14(2-5-19-6-3-14)8-15-13(18)11-7-12-10(16-11)1-4-20-12/h1,4,7,16-17H,2-3,5-6,8-9H2,(H,15,18). The van der Waals surface area contributed by atoms with Crippen LogP contribution in [0.4, 0.5) is 0 Å². The third kappa shape index (κ3) is 2.44. The fraction of sp³-hybridized carbons (Fsp3) is 0.500. The molecule has 0 spiro atoms. The average Bonchev–Trinajstić information content (AvgIpc) is 3.07. The Morgan fingerprint density at radius 1 is 1.45 bits per heavy atom. The van der Waals surface area contributed by atoms with Crippen LogP contribution in [0.15, 0.2) is 22.8 Å². The highest BCUT2D eigenvalue weighted by atomic mass is 16.5. The Morgan fingerprint density at radius 2 is 2.25 bits per heavy atom. The number of nitrogens with one attached hydrogen (secondary N) is 2. The SMILES string of the molecule is O=C(NCC1(CO)CCOCC1)c1cc2occc2[nH]1. The number of hydrogen-bond donors (Lipinski definition) is 3. The van der Waals surface area contributed by atoms with E-state index in [1.165, 1.54) is 0 Å². The van der Waals surface area contributed by atoms with Gasteiger partial charge in [-0.2, -0.15) is 0 Å². The second-order valence-electron chi connectivity index (χ2n) is 5.33. The first-order chi connectivity index (χ1) is 9.72. The van der Waals surface area contributed by atoms with Gasteiger partial charge in [0, 0.05) is 37.3 Å². The molecule has 0 bridgehead atoms. The zero-order valence-corrected chi connectivity index (χ0v) is 11.1. The number of aromatic nitrogens is 1. The number of aromatic amines is 1.